The molecule has 7 nitrogen and oxygen atoms in total. The fourth-order valence-corrected chi connectivity index (χ4v) is 3.03. The Kier molecular flexibility index (Phi) is 3.56. The molecule has 1 aliphatic rings. The molecule has 4 rings (SSSR count). The molecule has 2 unspecified atom stereocenters. The molecule has 0 aromatic carbocycles. The third-order valence-corrected chi connectivity index (χ3v) is 4.13. The Labute approximate surface area is 136 Å². The van der Waals surface area contributed by atoms with Gasteiger partial charge in [0, 0.05) is 0 Å². The van der Waals surface area contributed by atoms with E-state index < -0.39 is 0 Å². The summed E-state index contributed by atoms with van der Waals surface area (Å²) in [5.74, 6) is 1.41. The van der Waals surface area contributed by atoms with Gasteiger partial charge in [0.25, 0.3) is 0 Å². The number of fused-ring (bicyclic) bond motifs is 1. The summed E-state index contributed by atoms with van der Waals surface area (Å²) < 4.78 is 13.1. The molecule has 0 spiro atoms. The van der Waals surface area contributed by atoms with E-state index in [1.807, 2.05) is 19.1 Å². The van der Waals surface area contributed by atoms with Crippen LogP contribution in [0.3, 0.4) is 0 Å². The summed E-state index contributed by atoms with van der Waals surface area (Å²) in [5, 5.41) is 14.5. The van der Waals surface area contributed by atoms with Gasteiger partial charge in [-0.15, -0.1) is 0 Å². The highest BCUT2D eigenvalue weighted by atomic mass is 35.5. The average molecular weight is 335 g/mol. The minimum atomic E-state index is -0.262. The Bertz CT molecular complexity index is 860. The molecular formula is C15H15ClN4O3. The molecule has 1 aliphatic heterocycles. The van der Waals surface area contributed by atoms with Gasteiger partial charge < -0.3 is 14.3 Å². The lowest BCUT2D eigenvalue weighted by Crippen LogP contribution is -2.15. The maximum absolute atomic E-state index is 9.22. The van der Waals surface area contributed by atoms with E-state index in [2.05, 4.69) is 15.1 Å². The molecule has 0 aliphatic carbocycles. The van der Waals surface area contributed by atoms with Gasteiger partial charge in [-0.3, -0.25) is 0 Å². The Morgan fingerprint density at radius 1 is 1.35 bits per heavy atom. The minimum absolute atomic E-state index is 0.00234. The van der Waals surface area contributed by atoms with Crippen molar-refractivity contribution in [3.05, 3.63) is 29.4 Å². The number of rotatable bonds is 3. The average Bonchev–Trinajstić information content (AvgIpc) is 3.24. The van der Waals surface area contributed by atoms with Crippen molar-refractivity contribution in [3.8, 4) is 11.5 Å². The number of halogens is 1. The van der Waals surface area contributed by atoms with Crippen LogP contribution in [0.1, 0.15) is 24.8 Å². The van der Waals surface area contributed by atoms with Crippen LogP contribution in [0, 0.1) is 6.92 Å². The van der Waals surface area contributed by atoms with Crippen LogP contribution in [0.2, 0.25) is 5.28 Å². The molecule has 3 aromatic rings. The lowest BCUT2D eigenvalue weighted by Gasteiger charge is -2.13. The quantitative estimate of drug-likeness (QED) is 0.741. The van der Waals surface area contributed by atoms with E-state index in [0.29, 0.717) is 17.1 Å². The van der Waals surface area contributed by atoms with E-state index in [-0.39, 0.29) is 24.2 Å². The molecule has 0 amide bonds. The third kappa shape index (κ3) is 2.50. The van der Waals surface area contributed by atoms with E-state index >= 15 is 0 Å². The number of hydrogen-bond donors (Lipinski definition) is 1. The summed E-state index contributed by atoms with van der Waals surface area (Å²) in [4.78, 5) is 8.58. The molecule has 1 saturated heterocycles. The standard InChI is InChI=1S/C15H15ClN4O3/c1-8-2-4-11(22-8)13-10-6-17-20(14(10)19-15(16)18-13)12-5-3-9(7-21)23-12/h2,4,6,9,12,21H,3,5,7H2,1H3. The Balaban J connectivity index is 1.82. The molecule has 120 valence electrons. The minimum Gasteiger partial charge on any atom is -0.460 e. The summed E-state index contributed by atoms with van der Waals surface area (Å²) in [5.41, 5.74) is 1.20. The van der Waals surface area contributed by atoms with Crippen LogP contribution in [0.25, 0.3) is 22.5 Å². The van der Waals surface area contributed by atoms with Crippen LogP contribution in [-0.2, 0) is 4.74 Å². The Morgan fingerprint density at radius 3 is 2.91 bits per heavy atom. The van der Waals surface area contributed by atoms with Gasteiger partial charge in [0.15, 0.2) is 17.6 Å². The molecule has 0 saturated carbocycles. The summed E-state index contributed by atoms with van der Waals surface area (Å²) in [6, 6.07) is 3.71. The van der Waals surface area contributed by atoms with Crippen molar-refractivity contribution in [2.45, 2.75) is 32.1 Å². The van der Waals surface area contributed by atoms with Crippen molar-refractivity contribution in [2.75, 3.05) is 6.61 Å². The zero-order valence-corrected chi connectivity index (χ0v) is 13.2. The Morgan fingerprint density at radius 2 is 2.22 bits per heavy atom. The van der Waals surface area contributed by atoms with Gasteiger partial charge in [-0.05, 0) is 43.5 Å². The molecule has 4 heterocycles. The van der Waals surface area contributed by atoms with Crippen LogP contribution >= 0.6 is 11.6 Å². The number of aryl methyl sites for hydroxylation is 1. The van der Waals surface area contributed by atoms with E-state index in [1.54, 1.807) is 10.9 Å². The first-order chi connectivity index (χ1) is 11.2. The monoisotopic (exact) mass is 334 g/mol. The maximum Gasteiger partial charge on any atom is 0.225 e. The van der Waals surface area contributed by atoms with Gasteiger partial charge in [-0.25, -0.2) is 9.67 Å². The number of aromatic nitrogens is 4. The predicted octanol–water partition coefficient (Wildman–Crippen LogP) is 2.72. The van der Waals surface area contributed by atoms with Crippen LogP contribution in [0.4, 0.5) is 0 Å². The van der Waals surface area contributed by atoms with Crippen molar-refractivity contribution in [2.24, 2.45) is 0 Å². The topological polar surface area (TPSA) is 86.2 Å². The predicted molar refractivity (Wildman–Crippen MR) is 83.0 cm³/mol. The summed E-state index contributed by atoms with van der Waals surface area (Å²) in [6.07, 6.45) is 2.81. The van der Waals surface area contributed by atoms with Crippen LogP contribution in [-0.4, -0.2) is 37.6 Å². The second kappa shape index (κ2) is 5.59. The zero-order valence-electron chi connectivity index (χ0n) is 12.4. The van der Waals surface area contributed by atoms with Crippen LogP contribution in [0.5, 0.6) is 0 Å². The van der Waals surface area contributed by atoms with E-state index in [0.717, 1.165) is 24.0 Å². The molecular weight excluding hydrogens is 320 g/mol. The normalized spacial score (nSPS) is 21.3. The number of furan rings is 1. The van der Waals surface area contributed by atoms with Gasteiger partial charge in [-0.1, -0.05) is 0 Å². The van der Waals surface area contributed by atoms with Gasteiger partial charge >= 0.3 is 0 Å². The summed E-state index contributed by atoms with van der Waals surface area (Å²) >= 11 is 6.09. The number of ether oxygens (including phenoxy) is 1. The van der Waals surface area contributed by atoms with Crippen molar-refractivity contribution >= 4 is 22.6 Å². The first-order valence-corrected chi connectivity index (χ1v) is 7.77. The molecule has 0 bridgehead atoms. The summed E-state index contributed by atoms with van der Waals surface area (Å²) in [7, 11) is 0. The van der Waals surface area contributed by atoms with E-state index in [4.69, 9.17) is 20.8 Å². The number of nitrogens with zero attached hydrogens (tertiary/aromatic N) is 4. The highest BCUT2D eigenvalue weighted by Crippen LogP contribution is 2.33. The lowest BCUT2D eigenvalue weighted by molar-refractivity contribution is -0.0262. The van der Waals surface area contributed by atoms with Gasteiger partial charge in [0.1, 0.15) is 11.5 Å². The van der Waals surface area contributed by atoms with Crippen molar-refractivity contribution < 1.29 is 14.3 Å². The molecule has 3 aromatic heterocycles. The smallest absolute Gasteiger partial charge is 0.225 e. The molecule has 23 heavy (non-hydrogen) atoms. The first kappa shape index (κ1) is 14.6. The zero-order chi connectivity index (χ0) is 16.0. The third-order valence-electron chi connectivity index (χ3n) is 3.96. The van der Waals surface area contributed by atoms with Gasteiger partial charge in [0.05, 0.1) is 24.3 Å². The summed E-state index contributed by atoms with van der Waals surface area (Å²) in [6.45, 7) is 1.87. The van der Waals surface area contributed by atoms with E-state index in [9.17, 15) is 5.11 Å². The van der Waals surface area contributed by atoms with Crippen LogP contribution in [0.15, 0.2) is 22.7 Å². The number of aliphatic hydroxyl groups is 1. The second-order valence-electron chi connectivity index (χ2n) is 5.55. The number of hydrogen-bond acceptors (Lipinski definition) is 6. The molecule has 8 heteroatoms. The lowest BCUT2D eigenvalue weighted by atomic mass is 10.2. The molecule has 2 atom stereocenters. The molecule has 1 N–H and O–H groups in total. The Hall–Kier alpha value is -1.96. The fraction of sp³-hybridized carbons (Fsp3) is 0.400. The molecule has 0 radical (unpaired) electrons. The first-order valence-electron chi connectivity index (χ1n) is 7.39. The fourth-order valence-electron chi connectivity index (χ4n) is 2.86. The van der Waals surface area contributed by atoms with E-state index in [1.165, 1.54) is 0 Å². The van der Waals surface area contributed by atoms with Gasteiger partial charge in [0.2, 0.25) is 5.28 Å². The van der Waals surface area contributed by atoms with Crippen molar-refractivity contribution in [3.63, 3.8) is 0 Å². The van der Waals surface area contributed by atoms with Crippen molar-refractivity contribution in [1.82, 2.24) is 19.7 Å². The SMILES string of the molecule is Cc1ccc(-c2nc(Cl)nc3c2cnn3C2CCC(CO)O2)o1. The van der Waals surface area contributed by atoms with Gasteiger partial charge in [-0.2, -0.15) is 10.1 Å². The highest BCUT2D eigenvalue weighted by molar-refractivity contribution is 6.28. The maximum atomic E-state index is 9.22. The van der Waals surface area contributed by atoms with Crippen LogP contribution < -0.4 is 0 Å². The second-order valence-corrected chi connectivity index (χ2v) is 5.89. The largest absolute Gasteiger partial charge is 0.460 e. The number of aliphatic hydroxyl groups excluding tert-OH is 1. The van der Waals surface area contributed by atoms with Crippen molar-refractivity contribution in [1.29, 1.82) is 0 Å². The highest BCUT2D eigenvalue weighted by Gasteiger charge is 2.29. The molecule has 1 fully saturated rings.